The molecule has 88 valence electrons. The van der Waals surface area contributed by atoms with E-state index in [1.807, 2.05) is 0 Å². The van der Waals surface area contributed by atoms with Crippen LogP contribution in [0.5, 0.6) is 0 Å². The molecule has 0 bridgehead atoms. The summed E-state index contributed by atoms with van der Waals surface area (Å²) in [6.45, 7) is 9.84. The third kappa shape index (κ3) is 8.30. The number of ether oxygens (including phenoxy) is 1. The molecular formula is C12H22O2S. The Morgan fingerprint density at radius 2 is 2.07 bits per heavy atom. The van der Waals surface area contributed by atoms with Crippen LogP contribution >= 0.6 is 10.0 Å². The number of rotatable bonds is 7. The Hall–Kier alpha value is -0.700. The van der Waals surface area contributed by atoms with E-state index in [9.17, 15) is 4.79 Å². The molecule has 15 heavy (non-hydrogen) atoms. The Morgan fingerprint density at radius 3 is 2.53 bits per heavy atom. The molecular weight excluding hydrogens is 208 g/mol. The molecule has 0 aliphatic heterocycles. The molecule has 0 N–H and O–H groups in total. The number of carbonyl (C=O) groups is 1. The molecule has 0 saturated heterocycles. The van der Waals surface area contributed by atoms with Gasteiger partial charge in [-0.1, -0.05) is 18.7 Å². The maximum atomic E-state index is 10.8. The van der Waals surface area contributed by atoms with Crippen LogP contribution in [-0.2, 0) is 9.53 Å². The van der Waals surface area contributed by atoms with Gasteiger partial charge in [0.15, 0.2) is 0 Å². The third-order valence-corrected chi connectivity index (χ3v) is 4.56. The molecule has 0 aliphatic rings. The number of esters is 1. The summed E-state index contributed by atoms with van der Waals surface area (Å²) in [7, 11) is -0.602. The molecule has 3 heteroatoms. The molecule has 0 spiro atoms. The highest BCUT2D eigenvalue weighted by Gasteiger charge is 2.11. The summed E-state index contributed by atoms with van der Waals surface area (Å²) in [5, 5.41) is 0. The van der Waals surface area contributed by atoms with Crippen LogP contribution in [0.25, 0.3) is 0 Å². The fourth-order valence-electron chi connectivity index (χ4n) is 1.42. The fourth-order valence-corrected chi connectivity index (χ4v) is 3.80. The Bertz CT molecular complexity index is 244. The number of hydrogen-bond acceptors (Lipinski definition) is 2. The molecule has 0 aromatic heterocycles. The zero-order valence-electron chi connectivity index (χ0n) is 10.0. The van der Waals surface area contributed by atoms with Crippen LogP contribution in [0.15, 0.2) is 24.8 Å². The second-order valence-corrected chi connectivity index (χ2v) is 8.53. The van der Waals surface area contributed by atoms with E-state index in [0.717, 1.165) is 17.9 Å². The minimum Gasteiger partial charge on any atom is -0.463 e. The van der Waals surface area contributed by atoms with Crippen molar-refractivity contribution in [3.63, 3.8) is 0 Å². The summed E-state index contributed by atoms with van der Waals surface area (Å²) in [6, 6.07) is 0. The molecule has 0 aromatic carbocycles. The number of hydrogen-bond donors (Lipinski definition) is 0. The van der Waals surface area contributed by atoms with Gasteiger partial charge >= 0.3 is 5.97 Å². The summed E-state index contributed by atoms with van der Waals surface area (Å²) >= 11 is 0. The van der Waals surface area contributed by atoms with E-state index in [0.29, 0.717) is 6.61 Å². The quantitative estimate of drug-likeness (QED) is 0.291. The van der Waals surface area contributed by atoms with Crippen molar-refractivity contribution in [1.29, 1.82) is 0 Å². The van der Waals surface area contributed by atoms with Gasteiger partial charge in [-0.2, -0.15) is 0 Å². The van der Waals surface area contributed by atoms with Crippen molar-refractivity contribution in [1.82, 2.24) is 0 Å². The number of carbonyl (C=O) groups excluding carboxylic acids is 1. The zero-order valence-corrected chi connectivity index (χ0v) is 10.9. The van der Waals surface area contributed by atoms with Crippen molar-refractivity contribution in [2.75, 3.05) is 30.6 Å². The minimum absolute atomic E-state index is 0.331. The maximum absolute atomic E-state index is 10.8. The molecule has 0 atom stereocenters. The van der Waals surface area contributed by atoms with Crippen LogP contribution in [0, 0.1) is 0 Å². The van der Waals surface area contributed by atoms with Crippen molar-refractivity contribution in [3.05, 3.63) is 24.8 Å². The summed E-state index contributed by atoms with van der Waals surface area (Å²) < 4.78 is 4.93. The molecule has 0 saturated carbocycles. The van der Waals surface area contributed by atoms with E-state index in [2.05, 4.69) is 32.6 Å². The van der Waals surface area contributed by atoms with Crippen molar-refractivity contribution in [2.45, 2.75) is 13.3 Å². The first-order chi connectivity index (χ1) is 6.87. The van der Waals surface area contributed by atoms with E-state index in [1.54, 1.807) is 0 Å². The lowest BCUT2D eigenvalue weighted by Crippen LogP contribution is -2.10. The highest BCUT2D eigenvalue weighted by molar-refractivity contribution is 8.32. The van der Waals surface area contributed by atoms with Gasteiger partial charge in [-0.15, -0.1) is 0 Å². The molecule has 0 radical (unpaired) electrons. The average molecular weight is 230 g/mol. The first-order valence-corrected chi connectivity index (χ1v) is 7.78. The Morgan fingerprint density at radius 1 is 1.47 bits per heavy atom. The van der Waals surface area contributed by atoms with Crippen LogP contribution in [-0.4, -0.2) is 36.6 Å². The highest BCUT2D eigenvalue weighted by Crippen LogP contribution is 2.41. The van der Waals surface area contributed by atoms with Crippen LogP contribution < -0.4 is 0 Å². The van der Waals surface area contributed by atoms with Crippen LogP contribution in [0.4, 0.5) is 0 Å². The fraction of sp³-hybridized carbons (Fsp3) is 0.583. The first-order valence-electron chi connectivity index (χ1n) is 4.99. The van der Waals surface area contributed by atoms with Gasteiger partial charge in [0.05, 0.1) is 6.61 Å². The Kier molecular flexibility index (Phi) is 6.41. The van der Waals surface area contributed by atoms with Crippen molar-refractivity contribution in [3.8, 4) is 0 Å². The van der Waals surface area contributed by atoms with Crippen LogP contribution in [0.3, 0.4) is 0 Å². The summed E-state index contributed by atoms with van der Waals surface area (Å²) in [6.07, 6.45) is 6.70. The van der Waals surface area contributed by atoms with Crippen LogP contribution in [0.1, 0.15) is 13.3 Å². The van der Waals surface area contributed by atoms with Gasteiger partial charge < -0.3 is 4.74 Å². The molecule has 0 aromatic rings. The van der Waals surface area contributed by atoms with Gasteiger partial charge in [0.1, 0.15) is 0 Å². The van der Waals surface area contributed by atoms with E-state index in [4.69, 9.17) is 4.74 Å². The van der Waals surface area contributed by atoms with E-state index in [-0.39, 0.29) is 5.97 Å². The minimum atomic E-state index is -0.602. The molecule has 0 unspecified atom stereocenters. The Balaban J connectivity index is 3.70. The second kappa shape index (κ2) is 6.72. The van der Waals surface area contributed by atoms with E-state index >= 15 is 0 Å². The third-order valence-electron chi connectivity index (χ3n) is 1.89. The van der Waals surface area contributed by atoms with E-state index < -0.39 is 10.0 Å². The Labute approximate surface area is 94.7 Å². The lowest BCUT2D eigenvalue weighted by molar-refractivity contribution is -0.137. The van der Waals surface area contributed by atoms with Gasteiger partial charge in [0.2, 0.25) is 0 Å². The molecule has 0 amide bonds. The normalized spacial score (nSPS) is 11.9. The van der Waals surface area contributed by atoms with Crippen molar-refractivity contribution < 1.29 is 9.53 Å². The predicted molar refractivity (Wildman–Crippen MR) is 69.8 cm³/mol. The maximum Gasteiger partial charge on any atom is 0.330 e. The first kappa shape index (κ1) is 14.3. The summed E-state index contributed by atoms with van der Waals surface area (Å²) in [5.41, 5.74) is 1.23. The van der Waals surface area contributed by atoms with Gasteiger partial charge in [0.25, 0.3) is 0 Å². The van der Waals surface area contributed by atoms with Gasteiger partial charge in [-0.25, -0.2) is 14.8 Å². The SMILES string of the molecule is C=CC(=O)OCCCS(C)(C)CC(=C)C. The molecule has 0 rings (SSSR count). The standard InChI is InChI=1S/C12H22O2S/c1-6-12(13)14-8-7-9-15(4,5)10-11(2)3/h6H,1-2,7-10H2,3-5H3. The second-order valence-electron chi connectivity index (χ2n) is 4.30. The highest BCUT2D eigenvalue weighted by atomic mass is 32.3. The molecule has 0 aliphatic carbocycles. The topological polar surface area (TPSA) is 26.3 Å². The smallest absolute Gasteiger partial charge is 0.330 e. The molecule has 2 nitrogen and oxygen atoms in total. The van der Waals surface area contributed by atoms with E-state index in [1.165, 1.54) is 11.6 Å². The van der Waals surface area contributed by atoms with Gasteiger partial charge in [0, 0.05) is 6.08 Å². The zero-order chi connectivity index (χ0) is 11.9. The summed E-state index contributed by atoms with van der Waals surface area (Å²) in [5.74, 6) is 1.88. The monoisotopic (exact) mass is 230 g/mol. The van der Waals surface area contributed by atoms with Crippen molar-refractivity contribution in [2.24, 2.45) is 0 Å². The lowest BCUT2D eigenvalue weighted by Gasteiger charge is -2.31. The molecule has 0 heterocycles. The lowest BCUT2D eigenvalue weighted by atomic mass is 10.4. The van der Waals surface area contributed by atoms with Crippen LogP contribution in [0.2, 0.25) is 0 Å². The molecule has 0 fully saturated rings. The summed E-state index contributed by atoms with van der Waals surface area (Å²) in [4.78, 5) is 10.8. The average Bonchev–Trinajstić information content (AvgIpc) is 2.10. The van der Waals surface area contributed by atoms with Gasteiger partial charge in [-0.05, 0) is 37.4 Å². The predicted octanol–water partition coefficient (Wildman–Crippen LogP) is 2.75. The largest absolute Gasteiger partial charge is 0.463 e. The van der Waals surface area contributed by atoms with Crippen molar-refractivity contribution >= 4 is 16.0 Å². The van der Waals surface area contributed by atoms with Gasteiger partial charge in [-0.3, -0.25) is 0 Å².